The molecular formula is C17H30N2O3. The molecule has 0 aromatic heterocycles. The normalized spacial score (nSPS) is 15.2. The fourth-order valence-corrected chi connectivity index (χ4v) is 2.24. The predicted octanol–water partition coefficient (Wildman–Crippen LogP) is 2.65. The molecule has 0 aliphatic rings. The number of likely N-dealkylation sites (N-methyl/N-ethyl adjacent to an activating group) is 1. The highest BCUT2D eigenvalue weighted by atomic mass is 16.4. The molecule has 0 radical (unpaired) electrons. The summed E-state index contributed by atoms with van der Waals surface area (Å²) in [5.74, 6) is -0.948. The maximum absolute atomic E-state index is 12.8. The molecule has 1 amide bonds. The number of carboxylic acids is 1. The smallest absolute Gasteiger partial charge is 0.331 e. The number of carboxylic acid groups (broad SMARTS) is 1. The number of carbonyl (C=O) groups excluding carboxylic acids is 1. The minimum Gasteiger partial charge on any atom is -0.478 e. The second-order valence-corrected chi connectivity index (χ2v) is 7.01. The zero-order chi connectivity index (χ0) is 17.7. The first-order valence-corrected chi connectivity index (χ1v) is 7.48. The van der Waals surface area contributed by atoms with E-state index in [4.69, 9.17) is 5.11 Å². The highest BCUT2D eigenvalue weighted by Gasteiger charge is 2.35. The Morgan fingerprint density at radius 2 is 1.77 bits per heavy atom. The lowest BCUT2D eigenvalue weighted by Crippen LogP contribution is -2.53. The lowest BCUT2D eigenvalue weighted by Gasteiger charge is -2.37. The minimum absolute atomic E-state index is 0.0828. The van der Waals surface area contributed by atoms with Crippen molar-refractivity contribution in [2.45, 2.75) is 53.6 Å². The molecule has 0 aliphatic carbocycles. The number of hydrogen-bond donors (Lipinski definition) is 2. The third kappa shape index (κ3) is 5.54. The van der Waals surface area contributed by atoms with Crippen LogP contribution in [-0.4, -0.2) is 41.0 Å². The number of rotatable bonds is 7. The van der Waals surface area contributed by atoms with Crippen LogP contribution in [0.2, 0.25) is 0 Å². The molecule has 5 heteroatoms. The summed E-state index contributed by atoms with van der Waals surface area (Å²) >= 11 is 0. The van der Waals surface area contributed by atoms with Gasteiger partial charge in [0.25, 0.3) is 0 Å². The molecule has 1 unspecified atom stereocenters. The van der Waals surface area contributed by atoms with Crippen LogP contribution in [0.3, 0.4) is 0 Å². The Kier molecular flexibility index (Phi) is 7.36. The number of carbonyl (C=O) groups is 2. The molecule has 5 nitrogen and oxygen atoms in total. The Balaban J connectivity index is 5.51. The first kappa shape index (κ1) is 20.2. The summed E-state index contributed by atoms with van der Waals surface area (Å²) in [5.41, 5.74) is -0.0468. The zero-order valence-corrected chi connectivity index (χ0v) is 14.8. The number of hydrogen-bond acceptors (Lipinski definition) is 3. The average molecular weight is 310 g/mol. The van der Waals surface area contributed by atoms with E-state index in [0.29, 0.717) is 0 Å². The van der Waals surface area contributed by atoms with E-state index < -0.39 is 12.0 Å². The third-order valence-electron chi connectivity index (χ3n) is 3.63. The molecule has 0 saturated carbocycles. The molecule has 0 aliphatic heterocycles. The van der Waals surface area contributed by atoms with Crippen molar-refractivity contribution in [2.75, 3.05) is 7.05 Å². The second kappa shape index (κ2) is 8.01. The zero-order valence-electron chi connectivity index (χ0n) is 14.8. The molecular weight excluding hydrogens is 280 g/mol. The van der Waals surface area contributed by atoms with Crippen molar-refractivity contribution in [1.82, 2.24) is 10.2 Å². The van der Waals surface area contributed by atoms with Crippen LogP contribution in [0.5, 0.6) is 0 Å². The van der Waals surface area contributed by atoms with E-state index in [1.54, 1.807) is 24.9 Å². The van der Waals surface area contributed by atoms with Crippen molar-refractivity contribution >= 4 is 11.9 Å². The van der Waals surface area contributed by atoms with Gasteiger partial charge in [0.1, 0.15) is 6.04 Å². The summed E-state index contributed by atoms with van der Waals surface area (Å²) < 4.78 is 0. The van der Waals surface area contributed by atoms with Crippen LogP contribution in [-0.2, 0) is 9.59 Å². The van der Waals surface area contributed by atoms with Crippen LogP contribution in [0.15, 0.2) is 24.4 Å². The minimum atomic E-state index is -0.969. The molecule has 2 atom stereocenters. The van der Waals surface area contributed by atoms with E-state index in [9.17, 15) is 9.59 Å². The molecule has 0 saturated heterocycles. The van der Waals surface area contributed by atoms with Crippen LogP contribution in [0.4, 0.5) is 0 Å². The second-order valence-electron chi connectivity index (χ2n) is 7.01. The van der Waals surface area contributed by atoms with Gasteiger partial charge in [0, 0.05) is 12.6 Å². The van der Waals surface area contributed by atoms with Crippen LogP contribution in [0.1, 0.15) is 41.5 Å². The van der Waals surface area contributed by atoms with Crippen LogP contribution < -0.4 is 5.32 Å². The highest BCUT2D eigenvalue weighted by molar-refractivity contribution is 5.86. The van der Waals surface area contributed by atoms with Gasteiger partial charge in [-0.25, -0.2) is 4.79 Å². The Bertz CT molecular complexity index is 447. The molecule has 0 bridgehead atoms. The van der Waals surface area contributed by atoms with Gasteiger partial charge in [0.05, 0.1) is 6.04 Å². The SMILES string of the molecule is C=CNC(C(=O)N(C)[C@H](/C=C(\C)C(=O)O)C(C)C)C(C)(C)C. The maximum atomic E-state index is 12.8. The van der Waals surface area contributed by atoms with Gasteiger partial charge in [-0.1, -0.05) is 47.3 Å². The average Bonchev–Trinajstić information content (AvgIpc) is 2.38. The van der Waals surface area contributed by atoms with Crippen LogP contribution >= 0.6 is 0 Å². The van der Waals surface area contributed by atoms with Gasteiger partial charge in [0.2, 0.25) is 5.91 Å². The van der Waals surface area contributed by atoms with Crippen molar-refractivity contribution in [2.24, 2.45) is 11.3 Å². The Morgan fingerprint density at radius 3 is 2.09 bits per heavy atom. The largest absolute Gasteiger partial charge is 0.478 e. The summed E-state index contributed by atoms with van der Waals surface area (Å²) in [6.45, 7) is 15.0. The molecule has 22 heavy (non-hydrogen) atoms. The van der Waals surface area contributed by atoms with Gasteiger partial charge >= 0.3 is 5.97 Å². The van der Waals surface area contributed by atoms with Gasteiger partial charge in [-0.15, -0.1) is 0 Å². The van der Waals surface area contributed by atoms with E-state index in [1.165, 1.54) is 6.20 Å². The Hall–Kier alpha value is -1.78. The lowest BCUT2D eigenvalue weighted by molar-refractivity contribution is -0.137. The van der Waals surface area contributed by atoms with Gasteiger partial charge in [-0.2, -0.15) is 0 Å². The van der Waals surface area contributed by atoms with Crippen LogP contribution in [0.25, 0.3) is 0 Å². The fourth-order valence-electron chi connectivity index (χ4n) is 2.24. The molecule has 0 fully saturated rings. The number of amides is 1. The first-order valence-electron chi connectivity index (χ1n) is 7.48. The lowest BCUT2D eigenvalue weighted by atomic mass is 9.85. The first-order chi connectivity index (χ1) is 9.93. The molecule has 2 N–H and O–H groups in total. The van der Waals surface area contributed by atoms with Gasteiger partial charge < -0.3 is 15.3 Å². The van der Waals surface area contributed by atoms with Crippen molar-refractivity contribution in [1.29, 1.82) is 0 Å². The van der Waals surface area contributed by atoms with E-state index in [0.717, 1.165) is 0 Å². The molecule has 126 valence electrons. The monoisotopic (exact) mass is 310 g/mol. The fraction of sp³-hybridized carbons (Fsp3) is 0.647. The summed E-state index contributed by atoms with van der Waals surface area (Å²) in [7, 11) is 1.71. The topological polar surface area (TPSA) is 69.6 Å². The molecule has 0 heterocycles. The van der Waals surface area contributed by atoms with E-state index in [-0.39, 0.29) is 28.9 Å². The van der Waals surface area contributed by atoms with Gasteiger partial charge in [0.15, 0.2) is 0 Å². The van der Waals surface area contributed by atoms with Crippen molar-refractivity contribution in [3.8, 4) is 0 Å². The van der Waals surface area contributed by atoms with Crippen LogP contribution in [0, 0.1) is 11.3 Å². The Labute approximate surface area is 134 Å². The number of aliphatic carboxylic acids is 1. The summed E-state index contributed by atoms with van der Waals surface area (Å²) in [6, 6.07) is -0.699. The maximum Gasteiger partial charge on any atom is 0.331 e. The number of nitrogens with one attached hydrogen (secondary N) is 1. The number of nitrogens with zero attached hydrogens (tertiary/aromatic N) is 1. The van der Waals surface area contributed by atoms with Gasteiger partial charge in [-0.3, -0.25) is 4.79 Å². The molecule has 0 aromatic rings. The summed E-state index contributed by atoms with van der Waals surface area (Å²) in [6.07, 6.45) is 3.16. The molecule has 0 spiro atoms. The van der Waals surface area contributed by atoms with Gasteiger partial charge in [-0.05, 0) is 24.5 Å². The van der Waals surface area contributed by atoms with E-state index in [1.807, 2.05) is 34.6 Å². The van der Waals surface area contributed by atoms with Crippen molar-refractivity contribution < 1.29 is 14.7 Å². The standard InChI is InChI=1S/C17H30N2O3/c1-9-18-14(17(5,6)7)15(20)19(8)13(11(2)3)10-12(4)16(21)22/h9-11,13-14,18H,1H2,2-8H3,(H,21,22)/b12-10+/t13-,14?/m1/s1. The molecule has 0 rings (SSSR count). The predicted molar refractivity (Wildman–Crippen MR) is 89.4 cm³/mol. The summed E-state index contributed by atoms with van der Waals surface area (Å²) in [4.78, 5) is 25.5. The van der Waals surface area contributed by atoms with E-state index in [2.05, 4.69) is 11.9 Å². The Morgan fingerprint density at radius 1 is 1.27 bits per heavy atom. The summed E-state index contributed by atoms with van der Waals surface area (Å²) in [5, 5.41) is 12.1. The van der Waals surface area contributed by atoms with Crippen molar-refractivity contribution in [3.05, 3.63) is 24.4 Å². The van der Waals surface area contributed by atoms with E-state index >= 15 is 0 Å². The third-order valence-corrected chi connectivity index (χ3v) is 3.63. The quantitative estimate of drug-likeness (QED) is 0.709. The van der Waals surface area contributed by atoms with Crippen molar-refractivity contribution in [3.63, 3.8) is 0 Å². The highest BCUT2D eigenvalue weighted by Crippen LogP contribution is 2.23. The molecule has 0 aromatic carbocycles.